The van der Waals surface area contributed by atoms with Gasteiger partial charge in [-0.15, -0.1) is 0 Å². The van der Waals surface area contributed by atoms with Crippen molar-refractivity contribution in [2.24, 2.45) is 5.92 Å². The second-order valence-corrected chi connectivity index (χ2v) is 7.90. The fourth-order valence-corrected chi connectivity index (χ4v) is 4.91. The number of ether oxygens (including phenoxy) is 1. The first kappa shape index (κ1) is 18.9. The van der Waals surface area contributed by atoms with Crippen molar-refractivity contribution in [3.05, 3.63) is 65.5 Å². The molecule has 2 fully saturated rings. The molecule has 0 aromatic heterocycles. The minimum Gasteiger partial charge on any atom is -0.497 e. The van der Waals surface area contributed by atoms with Crippen molar-refractivity contribution in [2.75, 3.05) is 13.7 Å². The Morgan fingerprint density at radius 2 is 1.89 bits per heavy atom. The molecule has 2 aliphatic rings. The van der Waals surface area contributed by atoms with Crippen LogP contribution in [0, 0.1) is 11.7 Å². The molecular formula is C23H26FNO3. The van der Waals surface area contributed by atoms with E-state index in [1.165, 1.54) is 12.1 Å². The number of likely N-dealkylation sites (tertiary alicyclic amines) is 1. The van der Waals surface area contributed by atoms with Gasteiger partial charge < -0.3 is 14.7 Å². The summed E-state index contributed by atoms with van der Waals surface area (Å²) in [7, 11) is 1.61. The third-order valence-electron chi connectivity index (χ3n) is 6.39. The van der Waals surface area contributed by atoms with Crippen molar-refractivity contribution in [2.45, 2.75) is 43.7 Å². The van der Waals surface area contributed by atoms with E-state index in [1.54, 1.807) is 24.1 Å². The number of amides is 1. The van der Waals surface area contributed by atoms with Crippen LogP contribution < -0.4 is 4.74 Å². The summed E-state index contributed by atoms with van der Waals surface area (Å²) in [5, 5.41) is 11.3. The van der Waals surface area contributed by atoms with Crippen LogP contribution in [-0.4, -0.2) is 35.2 Å². The molecule has 2 aromatic rings. The number of carbonyl (C=O) groups is 1. The fourth-order valence-electron chi connectivity index (χ4n) is 4.91. The summed E-state index contributed by atoms with van der Waals surface area (Å²) >= 11 is 0. The number of benzene rings is 2. The van der Waals surface area contributed by atoms with Gasteiger partial charge in [0.05, 0.1) is 24.3 Å². The van der Waals surface area contributed by atoms with Gasteiger partial charge in [-0.25, -0.2) is 4.39 Å². The molecule has 0 radical (unpaired) electrons. The lowest BCUT2D eigenvalue weighted by atomic mass is 9.66. The Kier molecular flexibility index (Phi) is 5.11. The highest BCUT2D eigenvalue weighted by molar-refractivity contribution is 5.95. The topological polar surface area (TPSA) is 49.8 Å². The Hall–Kier alpha value is -2.40. The number of halogens is 1. The van der Waals surface area contributed by atoms with E-state index in [2.05, 4.69) is 0 Å². The van der Waals surface area contributed by atoms with Gasteiger partial charge in [0.15, 0.2) is 0 Å². The summed E-state index contributed by atoms with van der Waals surface area (Å²) in [4.78, 5) is 15.0. The maximum Gasteiger partial charge on any atom is 0.257 e. The number of nitrogens with zero attached hydrogens (tertiary/aromatic N) is 1. The maximum atomic E-state index is 14.3. The van der Waals surface area contributed by atoms with Crippen LogP contribution in [0.5, 0.6) is 5.75 Å². The maximum absolute atomic E-state index is 14.3. The highest BCUT2D eigenvalue weighted by Crippen LogP contribution is 2.49. The number of methoxy groups -OCH3 is 1. The van der Waals surface area contributed by atoms with Gasteiger partial charge >= 0.3 is 0 Å². The van der Waals surface area contributed by atoms with Crippen LogP contribution >= 0.6 is 0 Å². The van der Waals surface area contributed by atoms with E-state index in [0.717, 1.165) is 37.0 Å². The predicted octanol–water partition coefficient (Wildman–Crippen LogP) is 4.34. The summed E-state index contributed by atoms with van der Waals surface area (Å²) in [6.07, 6.45) is 4.18. The Bertz CT molecular complexity index is 853. The van der Waals surface area contributed by atoms with Crippen molar-refractivity contribution in [3.63, 3.8) is 0 Å². The standard InChI is InChI=1S/C23H26FNO3/c1-28-17-11-9-16(10-12-17)21-19-7-4-5-13-23(19,27)14-15-25(21)22(26)18-6-2-3-8-20(18)24/h2-3,6,8-12,19,21,27H,4-5,7,13-15H2,1H3/t19-,21-,23-/m1/s1. The lowest BCUT2D eigenvalue weighted by Gasteiger charge is -2.52. The van der Waals surface area contributed by atoms with E-state index in [-0.39, 0.29) is 23.4 Å². The van der Waals surface area contributed by atoms with Crippen LogP contribution in [0.25, 0.3) is 0 Å². The minimum absolute atomic E-state index is 0.0564. The molecule has 148 valence electrons. The SMILES string of the molecule is COc1ccc([C@@H]2[C@H]3CCCC[C@@]3(O)CCN2C(=O)c2ccccc2F)cc1. The highest BCUT2D eigenvalue weighted by atomic mass is 19.1. The van der Waals surface area contributed by atoms with E-state index in [1.807, 2.05) is 24.3 Å². The number of carbonyl (C=O) groups excluding carboxylic acids is 1. The summed E-state index contributed by atoms with van der Waals surface area (Å²) in [6, 6.07) is 13.5. The molecule has 28 heavy (non-hydrogen) atoms. The molecule has 0 spiro atoms. The zero-order valence-corrected chi connectivity index (χ0v) is 16.1. The van der Waals surface area contributed by atoms with Crippen molar-refractivity contribution in [1.82, 2.24) is 4.90 Å². The third-order valence-corrected chi connectivity index (χ3v) is 6.39. The van der Waals surface area contributed by atoms with Gasteiger partial charge in [-0.1, -0.05) is 37.1 Å². The van der Waals surface area contributed by atoms with Crippen LogP contribution in [0.3, 0.4) is 0 Å². The van der Waals surface area contributed by atoms with Crippen molar-refractivity contribution < 1.29 is 19.0 Å². The molecule has 0 unspecified atom stereocenters. The molecule has 5 heteroatoms. The predicted molar refractivity (Wildman–Crippen MR) is 105 cm³/mol. The molecule has 4 nitrogen and oxygen atoms in total. The molecule has 1 aliphatic heterocycles. The molecule has 4 rings (SSSR count). The monoisotopic (exact) mass is 383 g/mol. The summed E-state index contributed by atoms with van der Waals surface area (Å²) < 4.78 is 19.6. The van der Waals surface area contributed by atoms with Gasteiger partial charge in [0.25, 0.3) is 5.91 Å². The fraction of sp³-hybridized carbons (Fsp3) is 0.435. The Labute approximate surface area is 164 Å². The van der Waals surface area contributed by atoms with Crippen molar-refractivity contribution in [1.29, 1.82) is 0 Å². The third kappa shape index (κ3) is 3.28. The van der Waals surface area contributed by atoms with Gasteiger partial charge in [0, 0.05) is 12.5 Å². The van der Waals surface area contributed by atoms with Crippen molar-refractivity contribution in [3.8, 4) is 5.75 Å². The quantitative estimate of drug-likeness (QED) is 0.858. The zero-order valence-electron chi connectivity index (χ0n) is 16.1. The molecule has 1 saturated heterocycles. The van der Waals surface area contributed by atoms with E-state index < -0.39 is 11.4 Å². The summed E-state index contributed by atoms with van der Waals surface area (Å²) in [6.45, 7) is 0.414. The van der Waals surface area contributed by atoms with Gasteiger partial charge in [0.1, 0.15) is 11.6 Å². The lowest BCUT2D eigenvalue weighted by molar-refractivity contribution is -0.115. The van der Waals surface area contributed by atoms with E-state index in [9.17, 15) is 14.3 Å². The molecule has 1 N–H and O–H groups in total. The average Bonchev–Trinajstić information content (AvgIpc) is 2.72. The minimum atomic E-state index is -0.769. The first-order valence-corrected chi connectivity index (χ1v) is 9.95. The summed E-state index contributed by atoms with van der Waals surface area (Å²) in [5.41, 5.74) is 0.271. The van der Waals surface area contributed by atoms with Crippen LogP contribution in [0.15, 0.2) is 48.5 Å². The van der Waals surface area contributed by atoms with Gasteiger partial charge in [-0.2, -0.15) is 0 Å². The van der Waals surface area contributed by atoms with Crippen LogP contribution in [-0.2, 0) is 0 Å². The number of rotatable bonds is 3. The molecule has 1 aliphatic carbocycles. The van der Waals surface area contributed by atoms with Gasteiger partial charge in [-0.3, -0.25) is 4.79 Å². The first-order valence-electron chi connectivity index (χ1n) is 9.95. The first-order chi connectivity index (χ1) is 13.5. The molecule has 1 saturated carbocycles. The second kappa shape index (κ2) is 7.55. The zero-order chi connectivity index (χ0) is 19.7. The second-order valence-electron chi connectivity index (χ2n) is 7.90. The number of piperidine rings is 1. The Balaban J connectivity index is 1.75. The molecule has 0 bridgehead atoms. The Morgan fingerprint density at radius 1 is 1.14 bits per heavy atom. The molecule has 2 aromatic carbocycles. The van der Waals surface area contributed by atoms with Crippen LogP contribution in [0.1, 0.15) is 54.1 Å². The number of hydrogen-bond donors (Lipinski definition) is 1. The molecular weight excluding hydrogens is 357 g/mol. The molecule has 1 amide bonds. The highest BCUT2D eigenvalue weighted by Gasteiger charge is 2.50. The lowest BCUT2D eigenvalue weighted by Crippen LogP contribution is -2.56. The van der Waals surface area contributed by atoms with E-state index in [4.69, 9.17) is 4.74 Å². The normalized spacial score (nSPS) is 27.2. The number of hydrogen-bond acceptors (Lipinski definition) is 3. The molecule has 1 heterocycles. The van der Waals surface area contributed by atoms with Gasteiger partial charge in [0.2, 0.25) is 0 Å². The average molecular weight is 383 g/mol. The smallest absolute Gasteiger partial charge is 0.257 e. The largest absolute Gasteiger partial charge is 0.497 e. The van der Waals surface area contributed by atoms with Crippen molar-refractivity contribution >= 4 is 5.91 Å². The molecule has 3 atom stereocenters. The van der Waals surface area contributed by atoms with E-state index in [0.29, 0.717) is 13.0 Å². The van der Waals surface area contributed by atoms with Gasteiger partial charge in [-0.05, 0) is 49.1 Å². The summed E-state index contributed by atoms with van der Waals surface area (Å²) in [5.74, 6) is -0.137. The van der Waals surface area contributed by atoms with Crippen LogP contribution in [0.2, 0.25) is 0 Å². The Morgan fingerprint density at radius 3 is 2.61 bits per heavy atom. The van der Waals surface area contributed by atoms with E-state index >= 15 is 0 Å². The van der Waals surface area contributed by atoms with Crippen LogP contribution in [0.4, 0.5) is 4.39 Å². The number of fused-ring (bicyclic) bond motifs is 1. The number of aliphatic hydroxyl groups is 1.